The molecule has 0 radical (unpaired) electrons. The molecule has 2 aromatic rings. The van der Waals surface area contributed by atoms with Crippen LogP contribution in [0.5, 0.6) is 5.75 Å². The van der Waals surface area contributed by atoms with E-state index in [2.05, 4.69) is 4.74 Å². The highest BCUT2D eigenvalue weighted by molar-refractivity contribution is 6.30. The Morgan fingerprint density at radius 1 is 0.952 bits per heavy atom. The van der Waals surface area contributed by atoms with E-state index in [9.17, 15) is 9.59 Å². The average molecular weight is 305 g/mol. The van der Waals surface area contributed by atoms with E-state index >= 15 is 0 Å². The number of ketones is 1. The van der Waals surface area contributed by atoms with Gasteiger partial charge in [0.2, 0.25) is 0 Å². The first-order valence-electron chi connectivity index (χ1n) is 6.20. The zero-order chi connectivity index (χ0) is 15.2. The molecule has 2 rings (SSSR count). The maximum Gasteiger partial charge on any atom is 0.343 e. The summed E-state index contributed by atoms with van der Waals surface area (Å²) in [6.45, 7) is -0.166. The Morgan fingerprint density at radius 2 is 1.48 bits per heavy atom. The highest BCUT2D eigenvalue weighted by Crippen LogP contribution is 2.17. The number of hydrogen-bond acceptors (Lipinski definition) is 4. The summed E-state index contributed by atoms with van der Waals surface area (Å²) in [4.78, 5) is 23.2. The molecular weight excluding hydrogens is 292 g/mol. The number of carbonyl (C=O) groups is 2. The van der Waals surface area contributed by atoms with Crippen LogP contribution in [0.1, 0.15) is 15.9 Å². The molecule has 108 valence electrons. The van der Waals surface area contributed by atoms with Crippen LogP contribution in [-0.2, 0) is 9.53 Å². The lowest BCUT2D eigenvalue weighted by Crippen LogP contribution is -2.12. The summed E-state index contributed by atoms with van der Waals surface area (Å²) in [5.74, 6) is -0.0736. The fourth-order valence-electron chi connectivity index (χ4n) is 1.67. The number of ether oxygens (including phenoxy) is 2. The van der Waals surface area contributed by atoms with E-state index in [1.54, 1.807) is 48.5 Å². The van der Waals surface area contributed by atoms with Gasteiger partial charge in [-0.15, -0.1) is 0 Å². The zero-order valence-corrected chi connectivity index (χ0v) is 12.1. The molecule has 0 heterocycles. The van der Waals surface area contributed by atoms with E-state index in [-0.39, 0.29) is 12.4 Å². The van der Waals surface area contributed by atoms with Crippen LogP contribution in [0.15, 0.2) is 48.5 Å². The Labute approximate surface area is 127 Å². The van der Waals surface area contributed by atoms with E-state index in [0.29, 0.717) is 21.9 Å². The number of carbonyl (C=O) groups excluding carboxylic acids is 2. The summed E-state index contributed by atoms with van der Waals surface area (Å²) in [5, 5.41) is 0.582. The van der Waals surface area contributed by atoms with Crippen molar-refractivity contribution in [2.24, 2.45) is 0 Å². The quantitative estimate of drug-likeness (QED) is 0.629. The SMILES string of the molecule is COC(=O)COc1ccc(C(=O)c2ccc(Cl)cc2)cc1. The van der Waals surface area contributed by atoms with Crippen molar-refractivity contribution in [1.29, 1.82) is 0 Å². The topological polar surface area (TPSA) is 52.6 Å². The van der Waals surface area contributed by atoms with Crippen molar-refractivity contribution in [2.75, 3.05) is 13.7 Å². The van der Waals surface area contributed by atoms with Gasteiger partial charge in [-0.25, -0.2) is 4.79 Å². The average Bonchev–Trinajstić information content (AvgIpc) is 2.53. The van der Waals surface area contributed by atoms with Crippen LogP contribution in [0, 0.1) is 0 Å². The van der Waals surface area contributed by atoms with Gasteiger partial charge in [-0.1, -0.05) is 11.6 Å². The molecule has 0 spiro atoms. The summed E-state index contributed by atoms with van der Waals surface area (Å²) in [7, 11) is 1.29. The predicted molar refractivity (Wildman–Crippen MR) is 78.8 cm³/mol. The molecule has 0 atom stereocenters. The minimum atomic E-state index is -0.462. The lowest BCUT2D eigenvalue weighted by atomic mass is 10.0. The van der Waals surface area contributed by atoms with Gasteiger partial charge < -0.3 is 9.47 Å². The van der Waals surface area contributed by atoms with Gasteiger partial charge in [0.15, 0.2) is 12.4 Å². The van der Waals surface area contributed by atoms with E-state index in [1.165, 1.54) is 7.11 Å². The first kappa shape index (κ1) is 15.1. The Hall–Kier alpha value is -2.33. The molecule has 0 fully saturated rings. The van der Waals surface area contributed by atoms with Crippen LogP contribution in [0.25, 0.3) is 0 Å². The van der Waals surface area contributed by atoms with E-state index in [0.717, 1.165) is 0 Å². The minimum absolute atomic E-state index is 0.105. The lowest BCUT2D eigenvalue weighted by molar-refractivity contribution is -0.142. The molecule has 0 N–H and O–H groups in total. The third-order valence-electron chi connectivity index (χ3n) is 2.81. The van der Waals surface area contributed by atoms with Crippen molar-refractivity contribution in [3.05, 3.63) is 64.7 Å². The molecule has 5 heteroatoms. The second kappa shape index (κ2) is 6.90. The number of methoxy groups -OCH3 is 1. The molecule has 0 saturated carbocycles. The molecular formula is C16H13ClO4. The van der Waals surface area contributed by atoms with Gasteiger partial charge in [0.05, 0.1) is 7.11 Å². The van der Waals surface area contributed by atoms with Gasteiger partial charge in [-0.2, -0.15) is 0 Å². The van der Waals surface area contributed by atoms with Crippen molar-refractivity contribution in [1.82, 2.24) is 0 Å². The van der Waals surface area contributed by atoms with Crippen LogP contribution in [0.4, 0.5) is 0 Å². The summed E-state index contributed by atoms with van der Waals surface area (Å²) in [5.41, 5.74) is 1.09. The first-order valence-corrected chi connectivity index (χ1v) is 6.58. The highest BCUT2D eigenvalue weighted by Gasteiger charge is 2.09. The predicted octanol–water partition coefficient (Wildman–Crippen LogP) is 3.12. The smallest absolute Gasteiger partial charge is 0.343 e. The van der Waals surface area contributed by atoms with Crippen molar-refractivity contribution >= 4 is 23.4 Å². The van der Waals surface area contributed by atoms with Crippen molar-refractivity contribution in [3.8, 4) is 5.75 Å². The number of hydrogen-bond donors (Lipinski definition) is 0. The van der Waals surface area contributed by atoms with Crippen LogP contribution < -0.4 is 4.74 Å². The summed E-state index contributed by atoms with van der Waals surface area (Å²) in [6, 6.07) is 13.2. The van der Waals surface area contributed by atoms with Crippen molar-refractivity contribution in [2.45, 2.75) is 0 Å². The van der Waals surface area contributed by atoms with Gasteiger partial charge in [0.25, 0.3) is 0 Å². The molecule has 0 aliphatic carbocycles. The number of rotatable bonds is 5. The minimum Gasteiger partial charge on any atom is -0.482 e. The number of benzene rings is 2. The standard InChI is InChI=1S/C16H13ClO4/c1-20-15(18)10-21-14-8-4-12(5-9-14)16(19)11-2-6-13(17)7-3-11/h2-9H,10H2,1H3. The van der Waals surface area contributed by atoms with E-state index in [1.807, 2.05) is 0 Å². The first-order chi connectivity index (χ1) is 10.1. The molecule has 0 amide bonds. The fourth-order valence-corrected chi connectivity index (χ4v) is 1.80. The molecule has 21 heavy (non-hydrogen) atoms. The number of esters is 1. The summed E-state index contributed by atoms with van der Waals surface area (Å²) < 4.78 is 9.68. The maximum atomic E-state index is 12.2. The normalized spacial score (nSPS) is 10.0. The van der Waals surface area contributed by atoms with E-state index < -0.39 is 5.97 Å². The third kappa shape index (κ3) is 4.07. The fraction of sp³-hybridized carbons (Fsp3) is 0.125. The monoisotopic (exact) mass is 304 g/mol. The Bertz CT molecular complexity index is 632. The molecule has 0 aromatic heterocycles. The lowest BCUT2D eigenvalue weighted by Gasteiger charge is -2.06. The largest absolute Gasteiger partial charge is 0.482 e. The maximum absolute atomic E-state index is 12.2. The zero-order valence-electron chi connectivity index (χ0n) is 11.3. The van der Waals surface area contributed by atoms with Crippen LogP contribution in [-0.4, -0.2) is 25.5 Å². The Kier molecular flexibility index (Phi) is 4.95. The Balaban J connectivity index is 2.06. The third-order valence-corrected chi connectivity index (χ3v) is 3.06. The summed E-state index contributed by atoms with van der Waals surface area (Å²) >= 11 is 5.79. The number of halogens is 1. The van der Waals surface area contributed by atoms with Crippen LogP contribution in [0.2, 0.25) is 5.02 Å². The molecule has 2 aromatic carbocycles. The molecule has 0 aliphatic rings. The molecule has 4 nitrogen and oxygen atoms in total. The van der Waals surface area contributed by atoms with Crippen LogP contribution >= 0.6 is 11.6 Å². The second-order valence-electron chi connectivity index (χ2n) is 4.23. The van der Waals surface area contributed by atoms with Crippen molar-refractivity contribution < 1.29 is 19.1 Å². The van der Waals surface area contributed by atoms with Gasteiger partial charge >= 0.3 is 5.97 Å². The Morgan fingerprint density at radius 3 is 2.00 bits per heavy atom. The molecule has 0 bridgehead atoms. The van der Waals surface area contributed by atoms with Crippen molar-refractivity contribution in [3.63, 3.8) is 0 Å². The highest BCUT2D eigenvalue weighted by atomic mass is 35.5. The van der Waals surface area contributed by atoms with E-state index in [4.69, 9.17) is 16.3 Å². The van der Waals surface area contributed by atoms with Gasteiger partial charge in [-0.05, 0) is 48.5 Å². The molecule has 0 unspecified atom stereocenters. The second-order valence-corrected chi connectivity index (χ2v) is 4.66. The summed E-state index contributed by atoms with van der Waals surface area (Å²) in [6.07, 6.45) is 0. The van der Waals surface area contributed by atoms with Crippen LogP contribution in [0.3, 0.4) is 0 Å². The van der Waals surface area contributed by atoms with Gasteiger partial charge in [0, 0.05) is 16.1 Å². The van der Waals surface area contributed by atoms with Gasteiger partial charge in [-0.3, -0.25) is 4.79 Å². The molecule has 0 saturated heterocycles. The van der Waals surface area contributed by atoms with Gasteiger partial charge in [0.1, 0.15) is 5.75 Å². The molecule has 0 aliphatic heterocycles.